The van der Waals surface area contributed by atoms with E-state index in [4.69, 9.17) is 4.74 Å². The molecular formula is C13H12F3N3O2S. The Labute approximate surface area is 128 Å². The van der Waals surface area contributed by atoms with Gasteiger partial charge in [-0.25, -0.2) is 4.98 Å². The molecule has 0 aliphatic heterocycles. The number of benzene rings is 1. The zero-order valence-electron chi connectivity index (χ0n) is 11.6. The summed E-state index contributed by atoms with van der Waals surface area (Å²) in [6.07, 6.45) is -4.97. The van der Waals surface area contributed by atoms with Gasteiger partial charge in [-0.2, -0.15) is 13.2 Å². The van der Waals surface area contributed by atoms with Gasteiger partial charge in [0.1, 0.15) is 5.75 Å². The van der Waals surface area contributed by atoms with Crippen molar-refractivity contribution in [3.63, 3.8) is 0 Å². The molecule has 5 nitrogen and oxygen atoms in total. The first kappa shape index (κ1) is 16.1. The van der Waals surface area contributed by atoms with Gasteiger partial charge in [0, 0.05) is 18.0 Å². The summed E-state index contributed by atoms with van der Waals surface area (Å²) < 4.78 is 42.1. The standard InChI is InChI=1S/C13H12F3N3O2S/c1-17-12-19-9(6-22-12)7-3-4-10(21-2)8(5-7)18-11(20)13(14,15)16/h3-6H,1-2H3,(H,17,19)(H,18,20). The summed E-state index contributed by atoms with van der Waals surface area (Å²) in [6, 6.07) is 4.51. The number of ether oxygens (including phenoxy) is 1. The van der Waals surface area contributed by atoms with Gasteiger partial charge < -0.3 is 15.4 Å². The molecule has 0 atom stereocenters. The van der Waals surface area contributed by atoms with Crippen molar-refractivity contribution in [2.45, 2.75) is 6.18 Å². The molecule has 0 fully saturated rings. The number of amides is 1. The molecule has 2 rings (SSSR count). The van der Waals surface area contributed by atoms with Gasteiger partial charge >= 0.3 is 12.1 Å². The summed E-state index contributed by atoms with van der Waals surface area (Å²) in [6.45, 7) is 0. The number of carbonyl (C=O) groups excluding carboxylic acids is 1. The van der Waals surface area contributed by atoms with Crippen LogP contribution in [0.25, 0.3) is 11.3 Å². The number of aromatic nitrogens is 1. The van der Waals surface area contributed by atoms with Crippen LogP contribution in [0.15, 0.2) is 23.6 Å². The Morgan fingerprint density at radius 1 is 1.36 bits per heavy atom. The van der Waals surface area contributed by atoms with E-state index in [9.17, 15) is 18.0 Å². The van der Waals surface area contributed by atoms with Crippen LogP contribution in [-0.4, -0.2) is 31.2 Å². The third kappa shape index (κ3) is 3.48. The van der Waals surface area contributed by atoms with Gasteiger partial charge in [0.15, 0.2) is 5.13 Å². The minimum absolute atomic E-state index is 0.0682. The van der Waals surface area contributed by atoms with Gasteiger partial charge in [0.2, 0.25) is 0 Å². The van der Waals surface area contributed by atoms with E-state index in [1.54, 1.807) is 23.8 Å². The van der Waals surface area contributed by atoms with Crippen LogP contribution in [0.1, 0.15) is 0 Å². The second-order valence-corrected chi connectivity index (χ2v) is 5.01. The van der Waals surface area contributed by atoms with E-state index in [2.05, 4.69) is 10.3 Å². The number of nitrogens with zero attached hydrogens (tertiary/aromatic N) is 1. The number of carbonyl (C=O) groups is 1. The molecule has 0 radical (unpaired) electrons. The molecule has 0 bridgehead atoms. The summed E-state index contributed by atoms with van der Waals surface area (Å²) in [4.78, 5) is 15.3. The molecule has 2 N–H and O–H groups in total. The van der Waals surface area contributed by atoms with Gasteiger partial charge in [-0.3, -0.25) is 4.79 Å². The first-order valence-corrected chi connectivity index (χ1v) is 6.93. The van der Waals surface area contributed by atoms with Gasteiger partial charge in [-0.05, 0) is 18.2 Å². The van der Waals surface area contributed by atoms with E-state index in [1.807, 2.05) is 0 Å². The number of nitrogens with one attached hydrogen (secondary N) is 2. The fourth-order valence-electron chi connectivity index (χ4n) is 1.68. The SMILES string of the molecule is CNc1nc(-c2ccc(OC)c(NC(=O)C(F)(F)F)c2)cs1. The molecule has 1 aromatic heterocycles. The molecule has 0 spiro atoms. The van der Waals surface area contributed by atoms with E-state index in [0.29, 0.717) is 16.4 Å². The fraction of sp³-hybridized carbons (Fsp3) is 0.231. The second kappa shape index (κ2) is 6.22. The van der Waals surface area contributed by atoms with Crippen molar-refractivity contribution >= 4 is 28.1 Å². The number of anilines is 2. The molecule has 1 heterocycles. The number of hydrogen-bond acceptors (Lipinski definition) is 5. The van der Waals surface area contributed by atoms with Crippen molar-refractivity contribution in [2.75, 3.05) is 24.8 Å². The Hall–Kier alpha value is -2.29. The van der Waals surface area contributed by atoms with Gasteiger partial charge in [0.25, 0.3) is 0 Å². The summed E-state index contributed by atoms with van der Waals surface area (Å²) in [5.74, 6) is -1.93. The maximum atomic E-state index is 12.4. The average Bonchev–Trinajstić information content (AvgIpc) is 2.95. The lowest BCUT2D eigenvalue weighted by atomic mass is 10.1. The Morgan fingerprint density at radius 3 is 2.64 bits per heavy atom. The largest absolute Gasteiger partial charge is 0.495 e. The molecule has 0 aliphatic carbocycles. The zero-order chi connectivity index (χ0) is 16.3. The van der Waals surface area contributed by atoms with Crippen LogP contribution >= 0.6 is 11.3 Å². The van der Waals surface area contributed by atoms with Crippen LogP contribution in [-0.2, 0) is 4.79 Å². The maximum absolute atomic E-state index is 12.4. The van der Waals surface area contributed by atoms with Crippen molar-refractivity contribution < 1.29 is 22.7 Å². The molecule has 0 saturated carbocycles. The lowest BCUT2D eigenvalue weighted by Gasteiger charge is -2.12. The quantitative estimate of drug-likeness (QED) is 0.902. The first-order chi connectivity index (χ1) is 10.3. The normalized spacial score (nSPS) is 11.1. The Bertz CT molecular complexity index is 685. The van der Waals surface area contributed by atoms with Gasteiger partial charge in [-0.1, -0.05) is 0 Å². The Morgan fingerprint density at radius 2 is 2.09 bits per heavy atom. The highest BCUT2D eigenvalue weighted by atomic mass is 32.1. The van der Waals surface area contributed by atoms with Crippen LogP contribution < -0.4 is 15.4 Å². The highest BCUT2D eigenvalue weighted by Crippen LogP contribution is 2.33. The number of thiazole rings is 1. The zero-order valence-corrected chi connectivity index (χ0v) is 12.4. The summed E-state index contributed by atoms with van der Waals surface area (Å²) in [7, 11) is 3.02. The van der Waals surface area contributed by atoms with Crippen LogP contribution in [0.2, 0.25) is 0 Å². The van der Waals surface area contributed by atoms with E-state index in [1.165, 1.54) is 30.6 Å². The predicted molar refractivity (Wildman–Crippen MR) is 78.3 cm³/mol. The minimum Gasteiger partial charge on any atom is -0.495 e. The van der Waals surface area contributed by atoms with Gasteiger partial charge in [0.05, 0.1) is 18.5 Å². The molecule has 1 amide bonds. The lowest BCUT2D eigenvalue weighted by molar-refractivity contribution is -0.167. The van der Waals surface area contributed by atoms with Crippen LogP contribution in [0.4, 0.5) is 24.0 Å². The van der Waals surface area contributed by atoms with Crippen molar-refractivity contribution in [2.24, 2.45) is 0 Å². The average molecular weight is 331 g/mol. The number of hydrogen-bond donors (Lipinski definition) is 2. The Kier molecular flexibility index (Phi) is 4.55. The molecule has 2 aromatic rings. The number of rotatable bonds is 4. The molecule has 9 heteroatoms. The molecule has 0 saturated heterocycles. The van der Waals surface area contributed by atoms with Gasteiger partial charge in [-0.15, -0.1) is 11.3 Å². The van der Waals surface area contributed by atoms with Crippen molar-refractivity contribution in [1.82, 2.24) is 4.98 Å². The molecular weight excluding hydrogens is 319 g/mol. The van der Waals surface area contributed by atoms with E-state index >= 15 is 0 Å². The van der Waals surface area contributed by atoms with Crippen LogP contribution in [0, 0.1) is 0 Å². The molecule has 1 aromatic carbocycles. The Balaban J connectivity index is 2.35. The molecule has 118 valence electrons. The molecule has 0 unspecified atom stereocenters. The second-order valence-electron chi connectivity index (χ2n) is 4.15. The smallest absolute Gasteiger partial charge is 0.471 e. The minimum atomic E-state index is -4.97. The summed E-state index contributed by atoms with van der Waals surface area (Å²) in [5, 5.41) is 7.10. The fourth-order valence-corrected chi connectivity index (χ4v) is 2.36. The molecule has 22 heavy (non-hydrogen) atoms. The predicted octanol–water partition coefficient (Wildman–Crippen LogP) is 3.36. The monoisotopic (exact) mass is 331 g/mol. The molecule has 0 aliphatic rings. The van der Waals surface area contributed by atoms with Crippen molar-refractivity contribution in [3.8, 4) is 17.0 Å². The maximum Gasteiger partial charge on any atom is 0.471 e. The van der Waals surface area contributed by atoms with Crippen LogP contribution in [0.3, 0.4) is 0 Å². The van der Waals surface area contributed by atoms with E-state index < -0.39 is 12.1 Å². The summed E-state index contributed by atoms with van der Waals surface area (Å²) >= 11 is 1.36. The number of alkyl halides is 3. The first-order valence-electron chi connectivity index (χ1n) is 6.05. The van der Waals surface area contributed by atoms with Crippen molar-refractivity contribution in [1.29, 1.82) is 0 Å². The summed E-state index contributed by atoms with van der Waals surface area (Å²) in [5.41, 5.74) is 1.08. The number of methoxy groups -OCH3 is 1. The third-order valence-electron chi connectivity index (χ3n) is 2.72. The van der Waals surface area contributed by atoms with Crippen LogP contribution in [0.5, 0.6) is 5.75 Å². The highest BCUT2D eigenvalue weighted by molar-refractivity contribution is 7.14. The van der Waals surface area contributed by atoms with E-state index in [-0.39, 0.29) is 11.4 Å². The van der Waals surface area contributed by atoms with Crippen molar-refractivity contribution in [3.05, 3.63) is 23.6 Å². The van der Waals surface area contributed by atoms with E-state index in [0.717, 1.165) is 0 Å². The highest BCUT2D eigenvalue weighted by Gasteiger charge is 2.39. The topological polar surface area (TPSA) is 63.3 Å². The third-order valence-corrected chi connectivity index (χ3v) is 3.58. The lowest BCUT2D eigenvalue weighted by Crippen LogP contribution is -2.30. The number of halogens is 3.